The van der Waals surface area contributed by atoms with Crippen molar-refractivity contribution in [2.24, 2.45) is 0 Å². The molecule has 6 heteroatoms. The number of hydrogen-bond donors (Lipinski definition) is 0. The summed E-state index contributed by atoms with van der Waals surface area (Å²) in [5.41, 5.74) is -1.76. The molecule has 0 bridgehead atoms. The Balaban J connectivity index is 2.58. The molecule has 0 radical (unpaired) electrons. The van der Waals surface area contributed by atoms with Crippen LogP contribution in [0.3, 0.4) is 0 Å². The summed E-state index contributed by atoms with van der Waals surface area (Å²) in [6.45, 7) is 3.42. The lowest BCUT2D eigenvalue weighted by atomic mass is 9.96. The van der Waals surface area contributed by atoms with Gasteiger partial charge in [0.15, 0.2) is 0 Å². The normalized spacial score (nSPS) is 16.7. The Morgan fingerprint density at radius 2 is 2.06 bits per heavy atom. The summed E-state index contributed by atoms with van der Waals surface area (Å²) in [7, 11) is 1.14. The minimum absolute atomic E-state index is 0.0920. The molecular formula is C12H12O6. The van der Waals surface area contributed by atoms with E-state index in [1.165, 1.54) is 0 Å². The van der Waals surface area contributed by atoms with Crippen LogP contribution >= 0.6 is 0 Å². The van der Waals surface area contributed by atoms with Gasteiger partial charge in [-0.05, 0) is 19.9 Å². The number of esters is 2. The molecule has 6 nitrogen and oxygen atoms in total. The van der Waals surface area contributed by atoms with Crippen LogP contribution < -0.4 is 5.63 Å². The maximum Gasteiger partial charge on any atom is 0.350 e. The van der Waals surface area contributed by atoms with Crippen LogP contribution in [0, 0.1) is 0 Å². The van der Waals surface area contributed by atoms with Crippen LogP contribution in [0.4, 0.5) is 0 Å². The summed E-state index contributed by atoms with van der Waals surface area (Å²) in [6, 6.07) is 1.16. The van der Waals surface area contributed by atoms with Gasteiger partial charge in [0, 0.05) is 6.42 Å². The molecule has 0 unspecified atom stereocenters. The van der Waals surface area contributed by atoms with E-state index >= 15 is 0 Å². The van der Waals surface area contributed by atoms with Gasteiger partial charge in [0.05, 0.1) is 12.7 Å². The van der Waals surface area contributed by atoms with Gasteiger partial charge in [-0.3, -0.25) is 0 Å². The molecule has 1 aromatic heterocycles. The topological polar surface area (TPSA) is 82.8 Å². The lowest BCUT2D eigenvalue weighted by Gasteiger charge is -2.29. The molecule has 0 fully saturated rings. The summed E-state index contributed by atoms with van der Waals surface area (Å²) in [5.74, 6) is -1.23. The predicted molar refractivity (Wildman–Crippen MR) is 59.5 cm³/mol. The summed E-state index contributed by atoms with van der Waals surface area (Å²) in [4.78, 5) is 34.6. The highest BCUT2D eigenvalue weighted by Crippen LogP contribution is 2.27. The SMILES string of the molecule is COC(=O)c1cc2c(oc1=O)CC(C)(C)OC2=O. The molecule has 2 heterocycles. The van der Waals surface area contributed by atoms with E-state index in [0.29, 0.717) is 0 Å². The van der Waals surface area contributed by atoms with Crippen LogP contribution in [-0.2, 0) is 15.9 Å². The zero-order valence-electron chi connectivity index (χ0n) is 10.2. The summed E-state index contributed by atoms with van der Waals surface area (Å²) in [6.07, 6.45) is 0.283. The molecule has 18 heavy (non-hydrogen) atoms. The molecule has 1 aliphatic rings. The van der Waals surface area contributed by atoms with Crippen LogP contribution in [0.25, 0.3) is 0 Å². The van der Waals surface area contributed by atoms with Gasteiger partial charge < -0.3 is 13.9 Å². The van der Waals surface area contributed by atoms with Crippen molar-refractivity contribution >= 4 is 11.9 Å². The van der Waals surface area contributed by atoms with Crippen molar-refractivity contribution in [3.8, 4) is 0 Å². The summed E-state index contributed by atoms with van der Waals surface area (Å²) >= 11 is 0. The van der Waals surface area contributed by atoms with Crippen LogP contribution in [0.15, 0.2) is 15.3 Å². The van der Waals surface area contributed by atoms with Gasteiger partial charge in [0.2, 0.25) is 0 Å². The average molecular weight is 252 g/mol. The van der Waals surface area contributed by atoms with Crippen molar-refractivity contribution in [3.63, 3.8) is 0 Å². The fourth-order valence-electron chi connectivity index (χ4n) is 1.79. The van der Waals surface area contributed by atoms with Crippen LogP contribution in [0.2, 0.25) is 0 Å². The van der Waals surface area contributed by atoms with E-state index in [4.69, 9.17) is 9.15 Å². The number of carbonyl (C=O) groups excluding carboxylic acids is 2. The van der Waals surface area contributed by atoms with Crippen molar-refractivity contribution in [3.05, 3.63) is 33.4 Å². The zero-order valence-corrected chi connectivity index (χ0v) is 10.2. The lowest BCUT2D eigenvalue weighted by molar-refractivity contribution is -0.0106. The summed E-state index contributed by atoms with van der Waals surface area (Å²) in [5, 5.41) is 0. The largest absolute Gasteiger partial charge is 0.465 e. The number of cyclic esters (lactones) is 1. The first-order valence-electron chi connectivity index (χ1n) is 5.33. The average Bonchev–Trinajstić information content (AvgIpc) is 2.25. The first kappa shape index (κ1) is 12.3. The number of rotatable bonds is 1. The second-order valence-electron chi connectivity index (χ2n) is 4.60. The second-order valence-corrected chi connectivity index (χ2v) is 4.60. The molecule has 0 spiro atoms. The van der Waals surface area contributed by atoms with Crippen LogP contribution in [0.5, 0.6) is 0 Å². The van der Waals surface area contributed by atoms with Crippen LogP contribution in [-0.4, -0.2) is 24.6 Å². The highest BCUT2D eigenvalue weighted by molar-refractivity contribution is 5.96. The molecule has 0 atom stereocenters. The number of fused-ring (bicyclic) bond motifs is 1. The third kappa shape index (κ3) is 2.01. The molecule has 0 aliphatic carbocycles. The van der Waals surface area contributed by atoms with Gasteiger partial charge in [-0.25, -0.2) is 14.4 Å². The predicted octanol–water partition coefficient (Wildman–Crippen LogP) is 0.918. The van der Waals surface area contributed by atoms with Gasteiger partial charge in [0.1, 0.15) is 16.9 Å². The Labute approximate surface area is 102 Å². The molecule has 0 aromatic carbocycles. The van der Waals surface area contributed by atoms with E-state index in [0.717, 1.165) is 13.2 Å². The van der Waals surface area contributed by atoms with E-state index in [1.807, 2.05) is 0 Å². The van der Waals surface area contributed by atoms with Crippen molar-refractivity contribution in [1.82, 2.24) is 0 Å². The molecule has 2 rings (SSSR count). The van der Waals surface area contributed by atoms with Crippen molar-refractivity contribution < 1.29 is 23.5 Å². The van der Waals surface area contributed by atoms with Crippen molar-refractivity contribution in [1.29, 1.82) is 0 Å². The van der Waals surface area contributed by atoms with Gasteiger partial charge in [-0.2, -0.15) is 0 Å². The Morgan fingerprint density at radius 3 is 2.67 bits per heavy atom. The van der Waals surface area contributed by atoms with Crippen LogP contribution in [0.1, 0.15) is 40.3 Å². The number of ether oxygens (including phenoxy) is 2. The van der Waals surface area contributed by atoms with Gasteiger partial charge in [-0.1, -0.05) is 0 Å². The molecule has 1 aromatic rings. The Morgan fingerprint density at radius 1 is 1.39 bits per heavy atom. The second kappa shape index (κ2) is 3.97. The molecule has 96 valence electrons. The number of hydrogen-bond acceptors (Lipinski definition) is 6. The number of methoxy groups -OCH3 is 1. The van der Waals surface area contributed by atoms with Gasteiger partial charge >= 0.3 is 17.6 Å². The molecule has 0 saturated heterocycles. The Kier molecular flexibility index (Phi) is 2.73. The molecule has 0 N–H and O–H groups in total. The first-order valence-corrected chi connectivity index (χ1v) is 5.33. The van der Waals surface area contributed by atoms with E-state index in [-0.39, 0.29) is 23.3 Å². The minimum atomic E-state index is -0.843. The minimum Gasteiger partial charge on any atom is -0.465 e. The zero-order chi connectivity index (χ0) is 13.5. The van der Waals surface area contributed by atoms with Crippen molar-refractivity contribution in [2.45, 2.75) is 25.9 Å². The molecule has 0 amide bonds. The van der Waals surface area contributed by atoms with Crippen molar-refractivity contribution in [2.75, 3.05) is 7.11 Å². The van der Waals surface area contributed by atoms with Gasteiger partial charge in [-0.15, -0.1) is 0 Å². The molecule has 1 aliphatic heterocycles. The molecular weight excluding hydrogens is 240 g/mol. The fraction of sp³-hybridized carbons (Fsp3) is 0.417. The fourth-order valence-corrected chi connectivity index (χ4v) is 1.79. The third-order valence-corrected chi connectivity index (χ3v) is 2.61. The highest BCUT2D eigenvalue weighted by atomic mass is 16.6. The highest BCUT2D eigenvalue weighted by Gasteiger charge is 2.35. The number of carbonyl (C=O) groups is 2. The van der Waals surface area contributed by atoms with E-state index < -0.39 is 23.2 Å². The monoisotopic (exact) mass is 252 g/mol. The first-order chi connectivity index (χ1) is 8.34. The maximum atomic E-state index is 11.7. The van der Waals surface area contributed by atoms with Gasteiger partial charge in [0.25, 0.3) is 0 Å². The Bertz CT molecular complexity index is 581. The molecule has 0 saturated carbocycles. The maximum absolute atomic E-state index is 11.7. The summed E-state index contributed by atoms with van der Waals surface area (Å²) < 4.78 is 14.6. The lowest BCUT2D eigenvalue weighted by Crippen LogP contribution is -2.37. The van der Waals surface area contributed by atoms with E-state index in [9.17, 15) is 14.4 Å². The standard InChI is InChI=1S/C12H12O6/c1-12(2)5-8-6(11(15)18-12)4-7(9(13)16-3)10(14)17-8/h4H,5H2,1-3H3. The Hall–Kier alpha value is -2.11. The quantitative estimate of drug-likeness (QED) is 0.691. The van der Waals surface area contributed by atoms with E-state index in [1.54, 1.807) is 13.8 Å². The third-order valence-electron chi connectivity index (χ3n) is 2.61. The van der Waals surface area contributed by atoms with E-state index in [2.05, 4.69) is 4.74 Å². The smallest absolute Gasteiger partial charge is 0.350 e.